The maximum atomic E-state index is 13.2. The van der Waals surface area contributed by atoms with E-state index in [0.717, 1.165) is 0 Å². The molecule has 1 aliphatic carbocycles. The number of alkyl halides is 2. The minimum absolute atomic E-state index is 0.0317. The van der Waals surface area contributed by atoms with E-state index in [9.17, 15) is 18.7 Å². The number of carbonyl (C=O) groups is 1. The van der Waals surface area contributed by atoms with Crippen LogP contribution in [0.1, 0.15) is 46.5 Å². The number of aliphatic hydroxyl groups is 1. The molecule has 7 heteroatoms. The molecule has 5 nitrogen and oxygen atoms in total. The molecule has 0 aromatic carbocycles. The van der Waals surface area contributed by atoms with E-state index in [1.807, 2.05) is 0 Å². The summed E-state index contributed by atoms with van der Waals surface area (Å²) < 4.78 is 31.7. The Labute approximate surface area is 123 Å². The molecule has 3 N–H and O–H groups in total. The van der Waals surface area contributed by atoms with Gasteiger partial charge in [0, 0.05) is 18.4 Å². The molecule has 1 heterocycles. The van der Waals surface area contributed by atoms with Gasteiger partial charge in [0.15, 0.2) is 0 Å². The van der Waals surface area contributed by atoms with Crippen molar-refractivity contribution in [3.63, 3.8) is 0 Å². The number of rotatable bonds is 1. The van der Waals surface area contributed by atoms with Crippen LogP contribution in [0.3, 0.4) is 0 Å². The van der Waals surface area contributed by atoms with Crippen LogP contribution in [-0.4, -0.2) is 51.9 Å². The van der Waals surface area contributed by atoms with Crippen molar-refractivity contribution in [1.29, 1.82) is 0 Å². The zero-order chi connectivity index (χ0) is 16.1. The van der Waals surface area contributed by atoms with Crippen LogP contribution in [0.2, 0.25) is 0 Å². The summed E-state index contributed by atoms with van der Waals surface area (Å²) in [5, 5.41) is 10.6. The first-order valence-electron chi connectivity index (χ1n) is 7.23. The van der Waals surface area contributed by atoms with Crippen molar-refractivity contribution < 1.29 is 23.4 Å². The Hall–Kier alpha value is -0.950. The van der Waals surface area contributed by atoms with E-state index in [2.05, 4.69) is 0 Å². The highest BCUT2D eigenvalue weighted by molar-refractivity contribution is 5.70. The molecule has 0 bridgehead atoms. The van der Waals surface area contributed by atoms with Crippen LogP contribution in [-0.2, 0) is 4.74 Å². The van der Waals surface area contributed by atoms with Gasteiger partial charge in [0.05, 0.1) is 13.1 Å². The molecule has 21 heavy (non-hydrogen) atoms. The maximum absolute atomic E-state index is 13.2. The number of amides is 1. The van der Waals surface area contributed by atoms with Crippen molar-refractivity contribution in [3.05, 3.63) is 0 Å². The van der Waals surface area contributed by atoms with Gasteiger partial charge in [-0.3, -0.25) is 0 Å². The van der Waals surface area contributed by atoms with E-state index in [1.165, 1.54) is 4.90 Å². The standard InChI is InChI=1S/C14H24F2N2O3/c1-11(2,3)21-10(19)18-8-13(20,9-18)12(17)4-6-14(15,16)7-5-12/h20H,4-9,17H2,1-3H3. The Balaban J connectivity index is 1.94. The fraction of sp³-hybridized carbons (Fsp3) is 0.929. The number of hydrogen-bond donors (Lipinski definition) is 2. The van der Waals surface area contributed by atoms with Crippen LogP contribution in [0.25, 0.3) is 0 Å². The molecule has 2 fully saturated rings. The van der Waals surface area contributed by atoms with Gasteiger partial charge in [-0.2, -0.15) is 0 Å². The summed E-state index contributed by atoms with van der Waals surface area (Å²) >= 11 is 0. The molecule has 122 valence electrons. The number of nitrogens with zero attached hydrogens (tertiary/aromatic N) is 1. The Kier molecular flexibility index (Phi) is 3.73. The lowest BCUT2D eigenvalue weighted by molar-refractivity contribution is -0.167. The normalized spacial score (nSPS) is 26.9. The number of hydrogen-bond acceptors (Lipinski definition) is 4. The minimum atomic E-state index is -2.70. The number of ether oxygens (including phenoxy) is 1. The van der Waals surface area contributed by atoms with Gasteiger partial charge in [0.2, 0.25) is 5.92 Å². The van der Waals surface area contributed by atoms with E-state index in [1.54, 1.807) is 20.8 Å². The first-order chi connectivity index (χ1) is 9.36. The number of halogens is 2. The Bertz CT molecular complexity index is 418. The fourth-order valence-electron chi connectivity index (χ4n) is 2.88. The predicted octanol–water partition coefficient (Wildman–Crippen LogP) is 1.88. The predicted molar refractivity (Wildman–Crippen MR) is 73.1 cm³/mol. The first-order valence-corrected chi connectivity index (χ1v) is 7.23. The van der Waals surface area contributed by atoms with Crippen molar-refractivity contribution in [2.45, 2.75) is 69.1 Å². The van der Waals surface area contributed by atoms with Crippen LogP contribution in [0.15, 0.2) is 0 Å². The second kappa shape index (κ2) is 4.78. The largest absolute Gasteiger partial charge is 0.444 e. The lowest BCUT2D eigenvalue weighted by atomic mass is 9.66. The maximum Gasteiger partial charge on any atom is 0.410 e. The molecular weight excluding hydrogens is 282 g/mol. The van der Waals surface area contributed by atoms with Crippen molar-refractivity contribution in [3.8, 4) is 0 Å². The Morgan fingerprint density at radius 2 is 1.67 bits per heavy atom. The van der Waals surface area contributed by atoms with E-state index in [4.69, 9.17) is 10.5 Å². The third kappa shape index (κ3) is 3.29. The summed E-state index contributed by atoms with van der Waals surface area (Å²) in [6, 6.07) is 0. The van der Waals surface area contributed by atoms with Gasteiger partial charge in [0.1, 0.15) is 11.2 Å². The van der Waals surface area contributed by atoms with Crippen LogP contribution in [0.4, 0.5) is 13.6 Å². The lowest BCUT2D eigenvalue weighted by Gasteiger charge is -2.57. The molecule has 2 rings (SSSR count). The van der Waals surface area contributed by atoms with Crippen molar-refractivity contribution in [1.82, 2.24) is 4.90 Å². The fourth-order valence-corrected chi connectivity index (χ4v) is 2.88. The van der Waals surface area contributed by atoms with Crippen LogP contribution in [0.5, 0.6) is 0 Å². The molecular formula is C14H24F2N2O3. The van der Waals surface area contributed by atoms with E-state index >= 15 is 0 Å². The summed E-state index contributed by atoms with van der Waals surface area (Å²) in [6.45, 7) is 5.33. The first kappa shape index (κ1) is 16.4. The third-order valence-electron chi connectivity index (χ3n) is 4.36. The third-order valence-corrected chi connectivity index (χ3v) is 4.36. The monoisotopic (exact) mass is 306 g/mol. The molecule has 0 spiro atoms. The highest BCUT2D eigenvalue weighted by atomic mass is 19.3. The number of carbonyl (C=O) groups excluding carboxylic acids is 1. The zero-order valence-electron chi connectivity index (χ0n) is 12.8. The van der Waals surface area contributed by atoms with Crippen molar-refractivity contribution in [2.24, 2.45) is 5.73 Å². The second-order valence-corrected chi connectivity index (χ2v) is 7.38. The molecule has 0 radical (unpaired) electrons. The average Bonchev–Trinajstić information content (AvgIpc) is 2.27. The second-order valence-electron chi connectivity index (χ2n) is 7.38. The number of nitrogens with two attached hydrogens (primary N) is 1. The van der Waals surface area contributed by atoms with Crippen LogP contribution in [0, 0.1) is 0 Å². The van der Waals surface area contributed by atoms with Gasteiger partial charge >= 0.3 is 6.09 Å². The van der Waals surface area contributed by atoms with Crippen molar-refractivity contribution >= 4 is 6.09 Å². The summed E-state index contributed by atoms with van der Waals surface area (Å²) in [5.41, 5.74) is 3.17. The number of likely N-dealkylation sites (tertiary alicyclic amines) is 1. The molecule has 0 atom stereocenters. The number of β-amino-alcohol motifs (C(OH)–C–C–N with tert-alkyl or cyclic N) is 1. The highest BCUT2D eigenvalue weighted by Gasteiger charge is 2.59. The zero-order valence-corrected chi connectivity index (χ0v) is 12.8. The minimum Gasteiger partial charge on any atom is -0.444 e. The molecule has 1 amide bonds. The molecule has 1 saturated heterocycles. The smallest absolute Gasteiger partial charge is 0.410 e. The van der Waals surface area contributed by atoms with Gasteiger partial charge in [-0.25, -0.2) is 13.6 Å². The summed E-state index contributed by atoms with van der Waals surface area (Å²) in [4.78, 5) is 13.2. The van der Waals surface area contributed by atoms with Gasteiger partial charge in [-0.1, -0.05) is 0 Å². The quantitative estimate of drug-likeness (QED) is 0.775. The average molecular weight is 306 g/mol. The summed E-state index contributed by atoms with van der Waals surface area (Å²) in [7, 11) is 0. The van der Waals surface area contributed by atoms with Gasteiger partial charge in [0.25, 0.3) is 0 Å². The molecule has 0 aromatic rings. The van der Waals surface area contributed by atoms with Gasteiger partial charge < -0.3 is 20.5 Å². The molecule has 2 aliphatic rings. The van der Waals surface area contributed by atoms with Gasteiger partial charge in [-0.05, 0) is 33.6 Å². The molecule has 0 aromatic heterocycles. The molecule has 0 unspecified atom stereocenters. The van der Waals surface area contributed by atoms with E-state index < -0.39 is 28.8 Å². The lowest BCUT2D eigenvalue weighted by Crippen LogP contribution is -2.77. The summed E-state index contributed by atoms with van der Waals surface area (Å²) in [6.07, 6.45) is -1.05. The Morgan fingerprint density at radius 3 is 2.10 bits per heavy atom. The SMILES string of the molecule is CC(C)(C)OC(=O)N1CC(O)(C2(N)CCC(F)(F)CC2)C1. The van der Waals surface area contributed by atoms with Gasteiger partial charge in [-0.15, -0.1) is 0 Å². The van der Waals surface area contributed by atoms with E-state index in [-0.39, 0.29) is 38.8 Å². The highest BCUT2D eigenvalue weighted by Crippen LogP contribution is 2.45. The molecule has 1 aliphatic heterocycles. The Morgan fingerprint density at radius 1 is 1.19 bits per heavy atom. The van der Waals surface area contributed by atoms with Crippen molar-refractivity contribution in [2.75, 3.05) is 13.1 Å². The molecule has 1 saturated carbocycles. The van der Waals surface area contributed by atoms with E-state index in [0.29, 0.717) is 0 Å². The summed E-state index contributed by atoms with van der Waals surface area (Å²) in [5.74, 6) is -2.70. The van der Waals surface area contributed by atoms with Crippen LogP contribution >= 0.6 is 0 Å². The topological polar surface area (TPSA) is 75.8 Å². The van der Waals surface area contributed by atoms with Crippen LogP contribution < -0.4 is 5.73 Å².